The van der Waals surface area contributed by atoms with Gasteiger partial charge in [-0.2, -0.15) is 0 Å². The van der Waals surface area contributed by atoms with Gasteiger partial charge in [0.15, 0.2) is 11.5 Å². The lowest BCUT2D eigenvalue weighted by molar-refractivity contribution is 0.130. The molecule has 0 radical (unpaired) electrons. The summed E-state index contributed by atoms with van der Waals surface area (Å²) in [7, 11) is 0. The molecule has 1 heterocycles. The van der Waals surface area contributed by atoms with E-state index >= 15 is 0 Å². The quantitative estimate of drug-likeness (QED) is 0.324. The molecule has 0 unspecified atom stereocenters. The first-order valence-corrected chi connectivity index (χ1v) is 9.02. The van der Waals surface area contributed by atoms with Crippen LogP contribution in [0.2, 0.25) is 0 Å². The van der Waals surface area contributed by atoms with Crippen LogP contribution >= 0.6 is 0 Å². The molecular formula is C24H21NO2. The molecule has 1 aromatic heterocycles. The number of para-hydroxylation sites is 1. The number of aryl methyl sites for hydroxylation is 2. The lowest BCUT2D eigenvalue weighted by Crippen LogP contribution is -2.05. The highest BCUT2D eigenvalue weighted by molar-refractivity contribution is 6.13. The van der Waals surface area contributed by atoms with Gasteiger partial charge in [-0.05, 0) is 25.5 Å². The monoisotopic (exact) mass is 355 g/mol. The van der Waals surface area contributed by atoms with Crippen LogP contribution in [-0.4, -0.2) is 5.71 Å². The molecule has 0 fully saturated rings. The fraction of sp³-hybridized carbons (Fsp3) is 0.125. The summed E-state index contributed by atoms with van der Waals surface area (Å²) in [5.41, 5.74) is 5.87. The van der Waals surface area contributed by atoms with Crippen LogP contribution < -0.4 is 0 Å². The van der Waals surface area contributed by atoms with Crippen LogP contribution in [0.15, 0.2) is 88.4 Å². The lowest BCUT2D eigenvalue weighted by Gasteiger charge is -2.07. The smallest absolute Gasteiger partial charge is 0.160 e. The molecule has 3 nitrogen and oxygen atoms in total. The van der Waals surface area contributed by atoms with Crippen LogP contribution in [0.4, 0.5) is 0 Å². The second-order valence-corrected chi connectivity index (χ2v) is 6.62. The van der Waals surface area contributed by atoms with Crippen LogP contribution in [0.1, 0.15) is 28.0 Å². The van der Waals surface area contributed by atoms with Crippen molar-refractivity contribution in [2.45, 2.75) is 20.5 Å². The minimum Gasteiger partial charge on any atom is -0.454 e. The van der Waals surface area contributed by atoms with E-state index in [1.807, 2.05) is 60.7 Å². The Bertz CT molecular complexity index is 1080. The van der Waals surface area contributed by atoms with E-state index in [0.29, 0.717) is 12.3 Å². The van der Waals surface area contributed by atoms with Gasteiger partial charge in [0.2, 0.25) is 0 Å². The third-order valence-electron chi connectivity index (χ3n) is 4.61. The van der Waals surface area contributed by atoms with Gasteiger partial charge in [0, 0.05) is 16.5 Å². The summed E-state index contributed by atoms with van der Waals surface area (Å²) >= 11 is 0. The standard InChI is InChI=1S/C24H21NO2/c1-17-12-14-20(15-13-17)23(25-26-16-19-8-4-3-5-9-19)24-18(2)21-10-6-7-11-22(21)27-24/h3-15H,16H2,1-2H3/b25-23+. The Balaban J connectivity index is 1.74. The Morgan fingerprint density at radius 3 is 2.30 bits per heavy atom. The zero-order chi connectivity index (χ0) is 18.6. The van der Waals surface area contributed by atoms with Gasteiger partial charge in [-0.15, -0.1) is 0 Å². The molecule has 3 aromatic carbocycles. The van der Waals surface area contributed by atoms with Crippen molar-refractivity contribution in [2.75, 3.05) is 0 Å². The van der Waals surface area contributed by atoms with Crippen LogP contribution in [0, 0.1) is 13.8 Å². The Hall–Kier alpha value is -3.33. The van der Waals surface area contributed by atoms with E-state index in [-0.39, 0.29) is 0 Å². The molecular weight excluding hydrogens is 334 g/mol. The molecule has 4 aromatic rings. The minimum atomic E-state index is 0.412. The third kappa shape index (κ3) is 3.63. The predicted molar refractivity (Wildman–Crippen MR) is 109 cm³/mol. The predicted octanol–water partition coefficient (Wildman–Crippen LogP) is 6.02. The van der Waals surface area contributed by atoms with Gasteiger partial charge in [-0.1, -0.05) is 83.5 Å². The van der Waals surface area contributed by atoms with Crippen molar-refractivity contribution in [2.24, 2.45) is 5.16 Å². The van der Waals surface area contributed by atoms with Crippen molar-refractivity contribution in [3.8, 4) is 0 Å². The van der Waals surface area contributed by atoms with Crippen LogP contribution in [0.5, 0.6) is 0 Å². The van der Waals surface area contributed by atoms with E-state index in [9.17, 15) is 0 Å². The molecule has 4 rings (SSSR count). The highest BCUT2D eigenvalue weighted by atomic mass is 16.6. The Morgan fingerprint density at radius 2 is 1.56 bits per heavy atom. The van der Waals surface area contributed by atoms with Gasteiger partial charge in [0.05, 0.1) is 0 Å². The molecule has 0 N–H and O–H groups in total. The molecule has 0 saturated carbocycles. The molecule has 0 spiro atoms. The summed E-state index contributed by atoms with van der Waals surface area (Å²) in [4.78, 5) is 5.70. The molecule has 3 heteroatoms. The molecule has 0 aliphatic heterocycles. The van der Waals surface area contributed by atoms with Gasteiger partial charge in [-0.25, -0.2) is 0 Å². The largest absolute Gasteiger partial charge is 0.454 e. The SMILES string of the molecule is Cc1ccc(/C(=N\OCc2ccccc2)c2oc3ccccc3c2C)cc1. The first-order valence-electron chi connectivity index (χ1n) is 9.02. The maximum absolute atomic E-state index is 6.14. The summed E-state index contributed by atoms with van der Waals surface area (Å²) in [6.45, 7) is 4.54. The first kappa shape index (κ1) is 17.1. The highest BCUT2D eigenvalue weighted by Crippen LogP contribution is 2.27. The van der Waals surface area contributed by atoms with Gasteiger partial charge in [0.1, 0.15) is 12.2 Å². The van der Waals surface area contributed by atoms with Crippen molar-refractivity contribution >= 4 is 16.7 Å². The molecule has 0 saturated heterocycles. The number of oxime groups is 1. The molecule has 0 aliphatic carbocycles. The average Bonchev–Trinajstić information content (AvgIpc) is 3.04. The van der Waals surface area contributed by atoms with Gasteiger partial charge < -0.3 is 9.25 Å². The number of furan rings is 1. The maximum Gasteiger partial charge on any atom is 0.160 e. The fourth-order valence-corrected chi connectivity index (χ4v) is 3.08. The van der Waals surface area contributed by atoms with E-state index in [1.165, 1.54) is 5.56 Å². The average molecular weight is 355 g/mol. The number of hydrogen-bond acceptors (Lipinski definition) is 3. The number of fused-ring (bicyclic) bond motifs is 1. The maximum atomic E-state index is 6.14. The number of benzene rings is 3. The Morgan fingerprint density at radius 1 is 0.852 bits per heavy atom. The topological polar surface area (TPSA) is 34.7 Å². The van der Waals surface area contributed by atoms with Gasteiger partial charge >= 0.3 is 0 Å². The van der Waals surface area contributed by atoms with E-state index < -0.39 is 0 Å². The number of hydrogen-bond donors (Lipinski definition) is 0. The van der Waals surface area contributed by atoms with Crippen molar-refractivity contribution in [3.05, 3.63) is 107 Å². The summed E-state index contributed by atoms with van der Waals surface area (Å²) in [6, 6.07) is 26.3. The Kier molecular flexibility index (Phi) is 4.75. The number of rotatable bonds is 5. The van der Waals surface area contributed by atoms with E-state index in [2.05, 4.69) is 37.2 Å². The normalized spacial score (nSPS) is 11.7. The second kappa shape index (κ2) is 7.50. The minimum absolute atomic E-state index is 0.412. The summed E-state index contributed by atoms with van der Waals surface area (Å²) in [6.07, 6.45) is 0. The van der Waals surface area contributed by atoms with Crippen molar-refractivity contribution in [3.63, 3.8) is 0 Å². The summed E-state index contributed by atoms with van der Waals surface area (Å²) in [5.74, 6) is 0.744. The Labute approximate surface area is 158 Å². The van der Waals surface area contributed by atoms with E-state index in [1.54, 1.807) is 0 Å². The van der Waals surface area contributed by atoms with E-state index in [4.69, 9.17) is 9.25 Å². The van der Waals surface area contributed by atoms with Crippen LogP contribution in [0.25, 0.3) is 11.0 Å². The summed E-state index contributed by atoms with van der Waals surface area (Å²) < 4.78 is 6.14. The zero-order valence-electron chi connectivity index (χ0n) is 15.5. The zero-order valence-corrected chi connectivity index (χ0v) is 15.5. The lowest BCUT2D eigenvalue weighted by atomic mass is 10.0. The second-order valence-electron chi connectivity index (χ2n) is 6.62. The summed E-state index contributed by atoms with van der Waals surface area (Å²) in [5, 5.41) is 5.56. The first-order chi connectivity index (χ1) is 13.2. The molecule has 27 heavy (non-hydrogen) atoms. The molecule has 134 valence electrons. The van der Waals surface area contributed by atoms with Gasteiger partial charge in [-0.3, -0.25) is 0 Å². The molecule has 0 amide bonds. The van der Waals surface area contributed by atoms with Crippen LogP contribution in [-0.2, 0) is 11.4 Å². The van der Waals surface area contributed by atoms with Crippen molar-refractivity contribution in [1.82, 2.24) is 0 Å². The molecule has 0 bridgehead atoms. The molecule has 0 atom stereocenters. The highest BCUT2D eigenvalue weighted by Gasteiger charge is 2.18. The van der Waals surface area contributed by atoms with E-state index in [0.717, 1.165) is 33.4 Å². The van der Waals surface area contributed by atoms with Gasteiger partial charge in [0.25, 0.3) is 0 Å². The van der Waals surface area contributed by atoms with Crippen LogP contribution in [0.3, 0.4) is 0 Å². The van der Waals surface area contributed by atoms with Crippen molar-refractivity contribution < 1.29 is 9.25 Å². The number of nitrogens with zero attached hydrogens (tertiary/aromatic N) is 1. The fourth-order valence-electron chi connectivity index (χ4n) is 3.08. The molecule has 0 aliphatic rings. The van der Waals surface area contributed by atoms with Crippen molar-refractivity contribution in [1.29, 1.82) is 0 Å². The third-order valence-corrected chi connectivity index (χ3v) is 4.61.